The number of nitrogens with zero attached hydrogens (tertiary/aromatic N) is 1. The second kappa shape index (κ2) is 4.41. The van der Waals surface area contributed by atoms with Gasteiger partial charge in [0.05, 0.1) is 11.4 Å². The fraction of sp³-hybridized carbons (Fsp3) is 0.571. The van der Waals surface area contributed by atoms with Gasteiger partial charge in [-0.15, -0.1) is 0 Å². The second-order valence-electron chi connectivity index (χ2n) is 5.51. The van der Waals surface area contributed by atoms with E-state index in [-0.39, 0.29) is 0 Å². The van der Waals surface area contributed by atoms with E-state index in [4.69, 9.17) is 17.3 Å². The van der Waals surface area contributed by atoms with Crippen LogP contribution in [0.4, 0.5) is 11.4 Å². The maximum Gasteiger partial charge on any atom is 0.0601 e. The van der Waals surface area contributed by atoms with Crippen molar-refractivity contribution in [1.29, 1.82) is 0 Å². The van der Waals surface area contributed by atoms with Gasteiger partial charge in [0.2, 0.25) is 0 Å². The summed E-state index contributed by atoms with van der Waals surface area (Å²) in [7, 11) is 0. The Morgan fingerprint density at radius 3 is 2.53 bits per heavy atom. The molecule has 2 nitrogen and oxygen atoms in total. The molecule has 2 aliphatic rings. The van der Waals surface area contributed by atoms with Crippen LogP contribution >= 0.6 is 11.6 Å². The van der Waals surface area contributed by atoms with Crippen molar-refractivity contribution < 1.29 is 0 Å². The van der Waals surface area contributed by atoms with E-state index in [1.807, 2.05) is 12.1 Å². The number of hydrogen-bond donors (Lipinski definition) is 1. The first-order valence-electron chi connectivity index (χ1n) is 6.52. The van der Waals surface area contributed by atoms with Gasteiger partial charge in [0, 0.05) is 18.1 Å². The second-order valence-corrected chi connectivity index (χ2v) is 5.94. The van der Waals surface area contributed by atoms with E-state index in [1.165, 1.54) is 44.5 Å². The molecule has 2 atom stereocenters. The number of fused-ring (bicyclic) bond motifs is 2. The van der Waals surface area contributed by atoms with E-state index in [9.17, 15) is 0 Å². The summed E-state index contributed by atoms with van der Waals surface area (Å²) < 4.78 is 0. The summed E-state index contributed by atoms with van der Waals surface area (Å²) in [5.41, 5.74) is 8.07. The molecular formula is C14H19ClN2. The number of nitrogen functional groups attached to an aromatic ring is 1. The van der Waals surface area contributed by atoms with Crippen molar-refractivity contribution in [3.8, 4) is 0 Å². The smallest absolute Gasteiger partial charge is 0.0601 e. The van der Waals surface area contributed by atoms with Crippen LogP contribution in [-0.4, -0.2) is 13.1 Å². The maximum atomic E-state index is 6.08. The lowest BCUT2D eigenvalue weighted by Gasteiger charge is -2.42. The first-order chi connectivity index (χ1) is 8.22. The molecule has 2 bridgehead atoms. The molecular weight excluding hydrogens is 232 g/mol. The molecule has 1 saturated heterocycles. The molecule has 1 aliphatic carbocycles. The fourth-order valence-corrected chi connectivity index (χ4v) is 3.62. The molecule has 2 fully saturated rings. The fourth-order valence-electron chi connectivity index (χ4n) is 3.44. The first-order valence-corrected chi connectivity index (χ1v) is 6.90. The topological polar surface area (TPSA) is 29.3 Å². The van der Waals surface area contributed by atoms with Crippen LogP contribution in [0.15, 0.2) is 18.2 Å². The third kappa shape index (κ3) is 2.23. The Morgan fingerprint density at radius 1 is 1.18 bits per heavy atom. The zero-order chi connectivity index (χ0) is 11.8. The highest BCUT2D eigenvalue weighted by Crippen LogP contribution is 2.38. The Balaban J connectivity index is 1.84. The molecule has 92 valence electrons. The molecule has 17 heavy (non-hydrogen) atoms. The average molecular weight is 251 g/mol. The van der Waals surface area contributed by atoms with Gasteiger partial charge in [-0.25, -0.2) is 0 Å². The van der Waals surface area contributed by atoms with Gasteiger partial charge in [0.25, 0.3) is 0 Å². The van der Waals surface area contributed by atoms with Gasteiger partial charge in [-0.2, -0.15) is 0 Å². The summed E-state index contributed by atoms with van der Waals surface area (Å²) in [6.07, 6.45) is 5.62. The van der Waals surface area contributed by atoms with E-state index in [0.717, 1.165) is 22.5 Å². The third-order valence-electron chi connectivity index (χ3n) is 4.18. The van der Waals surface area contributed by atoms with Crippen molar-refractivity contribution in [1.82, 2.24) is 0 Å². The van der Waals surface area contributed by atoms with Crippen LogP contribution in [0, 0.1) is 11.8 Å². The number of piperidine rings is 1. The van der Waals surface area contributed by atoms with Crippen molar-refractivity contribution in [2.45, 2.75) is 25.7 Å². The molecule has 2 N–H and O–H groups in total. The molecule has 1 heterocycles. The predicted octanol–water partition coefficient (Wildman–Crippen LogP) is 3.55. The standard InChI is InChI=1S/C14H19ClN2/c15-12-4-5-14(13(16)7-12)17-8-10-2-1-3-11(6-10)9-17/h4-5,7,10-11H,1-3,6,8-9,16H2. The summed E-state index contributed by atoms with van der Waals surface area (Å²) in [6.45, 7) is 2.34. The van der Waals surface area contributed by atoms with Gasteiger partial charge in [-0.1, -0.05) is 18.0 Å². The lowest BCUT2D eigenvalue weighted by Crippen LogP contribution is -2.42. The van der Waals surface area contributed by atoms with Crippen LogP contribution in [0.5, 0.6) is 0 Å². The summed E-state index contributed by atoms with van der Waals surface area (Å²) >= 11 is 5.95. The van der Waals surface area contributed by atoms with Crippen LogP contribution in [0.3, 0.4) is 0 Å². The zero-order valence-corrected chi connectivity index (χ0v) is 10.8. The molecule has 0 radical (unpaired) electrons. The lowest BCUT2D eigenvalue weighted by atomic mass is 9.78. The Morgan fingerprint density at radius 2 is 1.88 bits per heavy atom. The van der Waals surface area contributed by atoms with E-state index in [1.54, 1.807) is 0 Å². The normalized spacial score (nSPS) is 28.2. The van der Waals surface area contributed by atoms with Gasteiger partial charge in [0.15, 0.2) is 0 Å². The third-order valence-corrected chi connectivity index (χ3v) is 4.41. The molecule has 2 unspecified atom stereocenters. The highest BCUT2D eigenvalue weighted by Gasteiger charge is 2.30. The number of nitrogens with two attached hydrogens (primary N) is 1. The first kappa shape index (κ1) is 11.2. The van der Waals surface area contributed by atoms with Crippen molar-refractivity contribution >= 4 is 23.0 Å². The monoisotopic (exact) mass is 250 g/mol. The Bertz CT molecular complexity index is 407. The van der Waals surface area contributed by atoms with Gasteiger partial charge in [0.1, 0.15) is 0 Å². The summed E-state index contributed by atoms with van der Waals surface area (Å²) in [5.74, 6) is 1.75. The summed E-state index contributed by atoms with van der Waals surface area (Å²) in [6, 6.07) is 5.87. The zero-order valence-electron chi connectivity index (χ0n) is 10.0. The number of benzene rings is 1. The minimum atomic E-state index is 0.725. The summed E-state index contributed by atoms with van der Waals surface area (Å²) in [4.78, 5) is 2.46. The molecule has 0 amide bonds. The number of rotatable bonds is 1. The van der Waals surface area contributed by atoms with Crippen molar-refractivity contribution in [3.63, 3.8) is 0 Å². The maximum absolute atomic E-state index is 6.08. The number of hydrogen-bond acceptors (Lipinski definition) is 2. The molecule has 1 aromatic rings. The van der Waals surface area contributed by atoms with Crippen LogP contribution in [0.25, 0.3) is 0 Å². The van der Waals surface area contributed by atoms with Crippen LogP contribution in [0.1, 0.15) is 25.7 Å². The summed E-state index contributed by atoms with van der Waals surface area (Å²) in [5, 5.41) is 0.725. The van der Waals surface area contributed by atoms with Crippen molar-refractivity contribution in [2.24, 2.45) is 11.8 Å². The Labute approximate surface area is 108 Å². The molecule has 1 saturated carbocycles. The van der Waals surface area contributed by atoms with Gasteiger partial charge < -0.3 is 10.6 Å². The molecule has 1 aromatic carbocycles. The number of halogens is 1. The van der Waals surface area contributed by atoms with E-state index < -0.39 is 0 Å². The average Bonchev–Trinajstić information content (AvgIpc) is 2.28. The van der Waals surface area contributed by atoms with Gasteiger partial charge in [-0.05, 0) is 49.3 Å². The molecule has 3 heteroatoms. The van der Waals surface area contributed by atoms with Crippen LogP contribution < -0.4 is 10.6 Å². The minimum Gasteiger partial charge on any atom is -0.397 e. The SMILES string of the molecule is Nc1cc(Cl)ccc1N1CC2CCCC(C2)C1. The molecule has 0 spiro atoms. The van der Waals surface area contributed by atoms with E-state index in [2.05, 4.69) is 11.0 Å². The van der Waals surface area contributed by atoms with Gasteiger partial charge in [-0.3, -0.25) is 0 Å². The van der Waals surface area contributed by atoms with E-state index in [0.29, 0.717) is 0 Å². The predicted molar refractivity (Wildman–Crippen MR) is 73.5 cm³/mol. The number of anilines is 2. The Hall–Kier alpha value is -0.890. The highest BCUT2D eigenvalue weighted by atomic mass is 35.5. The van der Waals surface area contributed by atoms with Crippen LogP contribution in [-0.2, 0) is 0 Å². The highest BCUT2D eigenvalue weighted by molar-refractivity contribution is 6.31. The van der Waals surface area contributed by atoms with Gasteiger partial charge >= 0.3 is 0 Å². The largest absolute Gasteiger partial charge is 0.397 e. The molecule has 3 rings (SSSR count). The lowest BCUT2D eigenvalue weighted by molar-refractivity contribution is 0.231. The van der Waals surface area contributed by atoms with Crippen LogP contribution in [0.2, 0.25) is 5.02 Å². The minimum absolute atomic E-state index is 0.725. The Kier molecular flexibility index (Phi) is 2.91. The quantitative estimate of drug-likeness (QED) is 0.773. The van der Waals surface area contributed by atoms with E-state index >= 15 is 0 Å². The molecule has 0 aromatic heterocycles. The van der Waals surface area contributed by atoms with Crippen molar-refractivity contribution in [2.75, 3.05) is 23.7 Å². The molecule has 1 aliphatic heterocycles. The van der Waals surface area contributed by atoms with Crippen molar-refractivity contribution in [3.05, 3.63) is 23.2 Å².